The van der Waals surface area contributed by atoms with E-state index in [9.17, 15) is 0 Å². The van der Waals surface area contributed by atoms with Crippen molar-refractivity contribution >= 4 is 11.6 Å². The van der Waals surface area contributed by atoms with E-state index in [4.69, 9.17) is 0 Å². The Hall–Kier alpha value is -1.65. The Bertz CT molecular complexity index is 634. The minimum absolute atomic E-state index is 0.486. The van der Waals surface area contributed by atoms with E-state index in [1.807, 2.05) is 6.92 Å². The molecule has 2 fully saturated rings. The lowest BCUT2D eigenvalue weighted by atomic mass is 9.84. The third-order valence-electron chi connectivity index (χ3n) is 5.19. The normalized spacial score (nSPS) is 30.0. The maximum atomic E-state index is 4.39. The fourth-order valence-electron chi connectivity index (χ4n) is 4.28. The molecule has 2 saturated carbocycles. The molecule has 4 rings (SSSR count). The summed E-state index contributed by atoms with van der Waals surface area (Å²) in [6.45, 7) is 4.31. The molecule has 0 aromatic carbocycles. The maximum Gasteiger partial charge on any atom is 0.254 e. The van der Waals surface area contributed by atoms with Gasteiger partial charge in [-0.15, -0.1) is 0 Å². The lowest BCUT2D eigenvalue weighted by Gasteiger charge is -2.29. The summed E-state index contributed by atoms with van der Waals surface area (Å²) in [6.07, 6.45) is 7.29. The molecule has 0 unspecified atom stereocenters. The lowest BCUT2D eigenvalue weighted by Crippen LogP contribution is -2.30. The zero-order valence-corrected chi connectivity index (χ0v) is 12.1. The van der Waals surface area contributed by atoms with Crippen LogP contribution in [-0.2, 0) is 0 Å². The highest BCUT2D eigenvalue weighted by molar-refractivity contribution is 5.45. The third kappa shape index (κ3) is 1.87. The topological polar surface area (TPSA) is 55.1 Å². The fourth-order valence-corrected chi connectivity index (χ4v) is 4.28. The number of nitrogens with zero attached hydrogens (tertiary/aromatic N) is 4. The number of nitrogens with one attached hydrogen (secondary N) is 1. The van der Waals surface area contributed by atoms with Crippen LogP contribution in [0.15, 0.2) is 12.4 Å². The highest BCUT2D eigenvalue weighted by Crippen LogP contribution is 2.49. The Morgan fingerprint density at radius 3 is 3.00 bits per heavy atom. The van der Waals surface area contributed by atoms with Crippen molar-refractivity contribution < 1.29 is 0 Å². The van der Waals surface area contributed by atoms with Crippen molar-refractivity contribution in [2.75, 3.05) is 5.32 Å². The van der Waals surface area contributed by atoms with E-state index in [1.165, 1.54) is 25.7 Å². The number of aryl methyl sites for hydroxylation is 1. The largest absolute Gasteiger partial charge is 0.367 e. The summed E-state index contributed by atoms with van der Waals surface area (Å²) in [7, 11) is 0. The first-order chi connectivity index (χ1) is 9.70. The molecule has 2 aliphatic carbocycles. The first-order valence-electron chi connectivity index (χ1n) is 7.64. The molecule has 0 aliphatic heterocycles. The van der Waals surface area contributed by atoms with E-state index in [2.05, 4.69) is 33.4 Å². The summed E-state index contributed by atoms with van der Waals surface area (Å²) in [6, 6.07) is 2.55. The average molecular weight is 271 g/mol. The second-order valence-electron chi connectivity index (χ2n) is 6.53. The minimum atomic E-state index is 0.486. The summed E-state index contributed by atoms with van der Waals surface area (Å²) in [5, 5.41) is 7.93. The van der Waals surface area contributed by atoms with Crippen molar-refractivity contribution in [3.63, 3.8) is 0 Å². The van der Waals surface area contributed by atoms with Crippen LogP contribution < -0.4 is 5.32 Å². The third-order valence-corrected chi connectivity index (χ3v) is 5.19. The second-order valence-corrected chi connectivity index (χ2v) is 6.53. The highest BCUT2D eigenvalue weighted by atomic mass is 15.4. The molecule has 2 aromatic heterocycles. The van der Waals surface area contributed by atoms with Gasteiger partial charge in [0, 0.05) is 17.8 Å². The summed E-state index contributed by atoms with van der Waals surface area (Å²) in [5.41, 5.74) is 0.980. The van der Waals surface area contributed by atoms with Crippen LogP contribution in [0, 0.1) is 24.7 Å². The van der Waals surface area contributed by atoms with Crippen LogP contribution in [0.3, 0.4) is 0 Å². The van der Waals surface area contributed by atoms with Gasteiger partial charge in [-0.2, -0.15) is 14.6 Å². The molecule has 1 N–H and O–H groups in total. The van der Waals surface area contributed by atoms with Crippen LogP contribution in [0.2, 0.25) is 0 Å². The first kappa shape index (κ1) is 12.1. The SMILES string of the molecule is Cc1cc(N[C@@H](C)[C@@H]2C[C@H]3CC[C@H]2C3)n2ncnc2n1. The second kappa shape index (κ2) is 4.43. The first-order valence-corrected chi connectivity index (χ1v) is 7.64. The van der Waals surface area contributed by atoms with Crippen molar-refractivity contribution in [1.82, 2.24) is 19.6 Å². The molecular weight excluding hydrogens is 250 g/mol. The molecule has 2 bridgehead atoms. The van der Waals surface area contributed by atoms with E-state index >= 15 is 0 Å². The van der Waals surface area contributed by atoms with Crippen LogP contribution in [-0.4, -0.2) is 25.6 Å². The predicted octanol–water partition coefficient (Wildman–Crippen LogP) is 2.67. The van der Waals surface area contributed by atoms with Gasteiger partial charge in [0.2, 0.25) is 0 Å². The molecule has 2 aromatic rings. The molecule has 5 heteroatoms. The Kier molecular flexibility index (Phi) is 2.69. The summed E-state index contributed by atoms with van der Waals surface area (Å²) >= 11 is 0. The summed E-state index contributed by atoms with van der Waals surface area (Å²) < 4.78 is 1.80. The molecule has 5 nitrogen and oxygen atoms in total. The minimum Gasteiger partial charge on any atom is -0.367 e. The van der Waals surface area contributed by atoms with Crippen LogP contribution >= 0.6 is 0 Å². The summed E-state index contributed by atoms with van der Waals surface area (Å²) in [4.78, 5) is 8.57. The van der Waals surface area contributed by atoms with E-state index in [0.717, 1.165) is 29.3 Å². The van der Waals surface area contributed by atoms with Crippen LogP contribution in [0.25, 0.3) is 5.78 Å². The zero-order valence-electron chi connectivity index (χ0n) is 12.1. The van der Waals surface area contributed by atoms with Gasteiger partial charge in [-0.05, 0) is 50.9 Å². The molecule has 4 atom stereocenters. The van der Waals surface area contributed by atoms with E-state index in [1.54, 1.807) is 10.8 Å². The van der Waals surface area contributed by atoms with Gasteiger partial charge >= 0.3 is 0 Å². The van der Waals surface area contributed by atoms with Gasteiger partial charge in [0.15, 0.2) is 0 Å². The van der Waals surface area contributed by atoms with Gasteiger partial charge in [-0.25, -0.2) is 4.98 Å². The molecule has 106 valence electrons. The number of anilines is 1. The highest BCUT2D eigenvalue weighted by Gasteiger charge is 2.41. The fraction of sp³-hybridized carbons (Fsp3) is 0.667. The Morgan fingerprint density at radius 1 is 1.35 bits per heavy atom. The van der Waals surface area contributed by atoms with Gasteiger partial charge in [0.05, 0.1) is 0 Å². The molecule has 2 heterocycles. The zero-order chi connectivity index (χ0) is 13.7. The van der Waals surface area contributed by atoms with Gasteiger partial charge < -0.3 is 5.32 Å². The van der Waals surface area contributed by atoms with Gasteiger partial charge in [-0.3, -0.25) is 0 Å². The number of fused-ring (bicyclic) bond motifs is 3. The maximum absolute atomic E-state index is 4.39. The summed E-state index contributed by atoms with van der Waals surface area (Å²) in [5.74, 6) is 4.41. The molecule has 0 radical (unpaired) electrons. The molecule has 0 amide bonds. The van der Waals surface area contributed by atoms with Gasteiger partial charge in [-0.1, -0.05) is 6.42 Å². The molecule has 2 aliphatic rings. The number of hydrogen-bond acceptors (Lipinski definition) is 4. The Labute approximate surface area is 118 Å². The lowest BCUT2D eigenvalue weighted by molar-refractivity contribution is 0.303. The number of rotatable bonds is 3. The van der Waals surface area contributed by atoms with Crippen molar-refractivity contribution in [3.8, 4) is 0 Å². The van der Waals surface area contributed by atoms with Gasteiger partial charge in [0.25, 0.3) is 5.78 Å². The van der Waals surface area contributed by atoms with E-state index in [-0.39, 0.29) is 0 Å². The Balaban J connectivity index is 1.59. The Morgan fingerprint density at radius 2 is 2.25 bits per heavy atom. The smallest absolute Gasteiger partial charge is 0.254 e. The van der Waals surface area contributed by atoms with Crippen molar-refractivity contribution in [2.45, 2.75) is 45.6 Å². The number of hydrogen-bond donors (Lipinski definition) is 1. The van der Waals surface area contributed by atoms with Crippen LogP contribution in [0.1, 0.15) is 38.3 Å². The van der Waals surface area contributed by atoms with Crippen molar-refractivity contribution in [3.05, 3.63) is 18.1 Å². The van der Waals surface area contributed by atoms with Crippen molar-refractivity contribution in [1.29, 1.82) is 0 Å². The molecule has 0 saturated heterocycles. The van der Waals surface area contributed by atoms with Gasteiger partial charge in [0.1, 0.15) is 12.1 Å². The van der Waals surface area contributed by atoms with E-state index in [0.29, 0.717) is 11.8 Å². The predicted molar refractivity (Wildman–Crippen MR) is 77.5 cm³/mol. The van der Waals surface area contributed by atoms with Crippen LogP contribution in [0.4, 0.5) is 5.82 Å². The standard InChI is InChI=1S/C15H21N5/c1-9-5-14(20-15(18-9)16-8-17-20)19-10(2)13-7-11-3-4-12(13)6-11/h5,8,10-13,19H,3-4,6-7H2,1-2H3/t10-,11-,12-,13-/m0/s1. The monoisotopic (exact) mass is 271 g/mol. The molecule has 20 heavy (non-hydrogen) atoms. The van der Waals surface area contributed by atoms with E-state index < -0.39 is 0 Å². The molecular formula is C15H21N5. The molecule has 0 spiro atoms. The van der Waals surface area contributed by atoms with Crippen LogP contribution in [0.5, 0.6) is 0 Å². The quantitative estimate of drug-likeness (QED) is 0.932. The average Bonchev–Trinajstić information content (AvgIpc) is 3.13. The number of aromatic nitrogens is 4. The van der Waals surface area contributed by atoms with Crippen molar-refractivity contribution in [2.24, 2.45) is 17.8 Å².